The molecular weight excluding hydrogens is 196 g/mol. The van der Waals surface area contributed by atoms with Crippen LogP contribution in [0.25, 0.3) is 0 Å². The van der Waals surface area contributed by atoms with Gasteiger partial charge in [-0.2, -0.15) is 0 Å². The van der Waals surface area contributed by atoms with E-state index < -0.39 is 0 Å². The van der Waals surface area contributed by atoms with Crippen LogP contribution in [0.5, 0.6) is 0 Å². The molecule has 16 heavy (non-hydrogen) atoms. The zero-order valence-electron chi connectivity index (χ0n) is 11.6. The Labute approximate surface area is 102 Å². The van der Waals surface area contributed by atoms with Crippen molar-refractivity contribution in [2.75, 3.05) is 13.1 Å². The van der Waals surface area contributed by atoms with E-state index >= 15 is 0 Å². The van der Waals surface area contributed by atoms with Gasteiger partial charge in [-0.25, -0.2) is 0 Å². The summed E-state index contributed by atoms with van der Waals surface area (Å²) >= 11 is 0. The average Bonchev–Trinajstić information content (AvgIpc) is 2.25. The molecule has 2 nitrogen and oxygen atoms in total. The van der Waals surface area contributed by atoms with E-state index in [1.54, 1.807) is 0 Å². The van der Waals surface area contributed by atoms with Gasteiger partial charge in [-0.05, 0) is 51.0 Å². The normalized spacial score (nSPS) is 29.6. The monoisotopic (exact) mass is 226 g/mol. The average molecular weight is 226 g/mol. The summed E-state index contributed by atoms with van der Waals surface area (Å²) < 4.78 is 0. The SMILES string of the molecule is CC(C)CCC(C)N1CCC(C)CC1CN. The van der Waals surface area contributed by atoms with Gasteiger partial charge in [0.15, 0.2) is 0 Å². The molecule has 0 aromatic heterocycles. The molecule has 0 saturated carbocycles. The Balaban J connectivity index is 2.43. The second kappa shape index (κ2) is 6.61. The summed E-state index contributed by atoms with van der Waals surface area (Å²) in [6.07, 6.45) is 5.30. The molecule has 0 aromatic rings. The summed E-state index contributed by atoms with van der Waals surface area (Å²) in [4.78, 5) is 2.66. The molecule has 0 bridgehead atoms. The Morgan fingerprint density at radius 2 is 1.94 bits per heavy atom. The van der Waals surface area contributed by atoms with Crippen molar-refractivity contribution in [1.82, 2.24) is 4.90 Å². The lowest BCUT2D eigenvalue weighted by Crippen LogP contribution is -2.50. The first-order valence-electron chi connectivity index (χ1n) is 7.00. The Hall–Kier alpha value is -0.0800. The summed E-state index contributed by atoms with van der Waals surface area (Å²) in [5, 5.41) is 0. The lowest BCUT2D eigenvalue weighted by atomic mass is 9.90. The number of likely N-dealkylation sites (tertiary alicyclic amines) is 1. The standard InChI is InChI=1S/C14H30N2/c1-11(2)5-6-13(4)16-8-7-12(3)9-14(16)10-15/h11-14H,5-10,15H2,1-4H3. The first-order chi connectivity index (χ1) is 7.54. The van der Waals surface area contributed by atoms with Crippen LogP contribution >= 0.6 is 0 Å². The van der Waals surface area contributed by atoms with Gasteiger partial charge in [-0.3, -0.25) is 4.90 Å². The third-order valence-electron chi connectivity index (χ3n) is 4.02. The maximum absolute atomic E-state index is 5.91. The molecule has 0 radical (unpaired) electrons. The lowest BCUT2D eigenvalue weighted by molar-refractivity contribution is 0.0771. The van der Waals surface area contributed by atoms with E-state index in [0.29, 0.717) is 12.1 Å². The van der Waals surface area contributed by atoms with Gasteiger partial charge in [0.2, 0.25) is 0 Å². The number of nitrogens with zero attached hydrogens (tertiary/aromatic N) is 1. The maximum Gasteiger partial charge on any atom is 0.0223 e. The highest BCUT2D eigenvalue weighted by Gasteiger charge is 2.28. The molecule has 1 aliphatic rings. The van der Waals surface area contributed by atoms with Gasteiger partial charge in [0.25, 0.3) is 0 Å². The van der Waals surface area contributed by atoms with Gasteiger partial charge >= 0.3 is 0 Å². The van der Waals surface area contributed by atoms with E-state index in [4.69, 9.17) is 5.73 Å². The Kier molecular flexibility index (Phi) is 5.77. The zero-order chi connectivity index (χ0) is 12.1. The summed E-state index contributed by atoms with van der Waals surface area (Å²) in [6, 6.07) is 1.34. The van der Waals surface area contributed by atoms with Crippen molar-refractivity contribution >= 4 is 0 Å². The highest BCUT2D eigenvalue weighted by Crippen LogP contribution is 2.25. The van der Waals surface area contributed by atoms with Crippen LogP contribution in [-0.4, -0.2) is 30.1 Å². The Bertz CT molecular complexity index is 191. The van der Waals surface area contributed by atoms with Crippen molar-refractivity contribution in [3.8, 4) is 0 Å². The minimum atomic E-state index is 0.630. The van der Waals surface area contributed by atoms with Gasteiger partial charge < -0.3 is 5.73 Å². The lowest BCUT2D eigenvalue weighted by Gasteiger charge is -2.42. The fourth-order valence-electron chi connectivity index (χ4n) is 2.82. The summed E-state index contributed by atoms with van der Waals surface area (Å²) in [5.74, 6) is 1.68. The van der Waals surface area contributed by atoms with E-state index in [1.165, 1.54) is 32.2 Å². The molecule has 2 N–H and O–H groups in total. The third-order valence-corrected chi connectivity index (χ3v) is 4.02. The number of rotatable bonds is 5. The minimum absolute atomic E-state index is 0.630. The predicted octanol–water partition coefficient (Wildman–Crippen LogP) is 2.87. The molecule has 1 rings (SSSR count). The fraction of sp³-hybridized carbons (Fsp3) is 1.00. The third kappa shape index (κ3) is 4.06. The molecule has 2 heteroatoms. The highest BCUT2D eigenvalue weighted by atomic mass is 15.2. The largest absolute Gasteiger partial charge is 0.329 e. The number of piperidine rings is 1. The summed E-state index contributed by atoms with van der Waals surface area (Å²) in [7, 11) is 0. The summed E-state index contributed by atoms with van der Waals surface area (Å²) in [6.45, 7) is 11.4. The maximum atomic E-state index is 5.91. The van der Waals surface area contributed by atoms with Gasteiger partial charge in [0.1, 0.15) is 0 Å². The first-order valence-corrected chi connectivity index (χ1v) is 7.00. The predicted molar refractivity (Wildman–Crippen MR) is 71.5 cm³/mol. The van der Waals surface area contributed by atoms with E-state index in [0.717, 1.165) is 18.4 Å². The van der Waals surface area contributed by atoms with Crippen molar-refractivity contribution in [3.63, 3.8) is 0 Å². The molecule has 1 fully saturated rings. The first kappa shape index (κ1) is 14.0. The van der Waals surface area contributed by atoms with Crippen LogP contribution in [-0.2, 0) is 0 Å². The second-order valence-corrected chi connectivity index (χ2v) is 6.08. The molecule has 96 valence electrons. The van der Waals surface area contributed by atoms with Crippen LogP contribution < -0.4 is 5.73 Å². The quantitative estimate of drug-likeness (QED) is 0.781. The van der Waals surface area contributed by atoms with Crippen molar-refractivity contribution in [3.05, 3.63) is 0 Å². The van der Waals surface area contributed by atoms with Crippen molar-refractivity contribution in [2.45, 2.75) is 65.5 Å². The molecule has 1 saturated heterocycles. The molecular formula is C14H30N2. The van der Waals surface area contributed by atoms with Gasteiger partial charge in [0, 0.05) is 18.6 Å². The van der Waals surface area contributed by atoms with Crippen LogP contribution in [0.3, 0.4) is 0 Å². The van der Waals surface area contributed by atoms with Crippen molar-refractivity contribution in [1.29, 1.82) is 0 Å². The minimum Gasteiger partial charge on any atom is -0.329 e. The second-order valence-electron chi connectivity index (χ2n) is 6.08. The van der Waals surface area contributed by atoms with Crippen LogP contribution in [0.2, 0.25) is 0 Å². The van der Waals surface area contributed by atoms with Crippen molar-refractivity contribution < 1.29 is 0 Å². The molecule has 1 aliphatic heterocycles. The molecule has 3 unspecified atom stereocenters. The van der Waals surface area contributed by atoms with Crippen LogP contribution in [0, 0.1) is 11.8 Å². The van der Waals surface area contributed by atoms with E-state index in [-0.39, 0.29) is 0 Å². The Morgan fingerprint density at radius 1 is 1.25 bits per heavy atom. The zero-order valence-corrected chi connectivity index (χ0v) is 11.6. The number of nitrogens with two attached hydrogens (primary N) is 1. The van der Waals surface area contributed by atoms with Gasteiger partial charge in [-0.15, -0.1) is 0 Å². The van der Waals surface area contributed by atoms with Crippen LogP contribution in [0.1, 0.15) is 53.4 Å². The number of hydrogen-bond acceptors (Lipinski definition) is 2. The van der Waals surface area contributed by atoms with E-state index in [2.05, 4.69) is 32.6 Å². The van der Waals surface area contributed by atoms with Crippen LogP contribution in [0.4, 0.5) is 0 Å². The van der Waals surface area contributed by atoms with Crippen molar-refractivity contribution in [2.24, 2.45) is 17.6 Å². The molecule has 0 amide bonds. The molecule has 1 heterocycles. The summed E-state index contributed by atoms with van der Waals surface area (Å²) in [5.41, 5.74) is 5.91. The van der Waals surface area contributed by atoms with Gasteiger partial charge in [0.05, 0.1) is 0 Å². The number of hydrogen-bond donors (Lipinski definition) is 1. The topological polar surface area (TPSA) is 29.3 Å². The molecule has 0 spiro atoms. The van der Waals surface area contributed by atoms with Crippen LogP contribution in [0.15, 0.2) is 0 Å². The Morgan fingerprint density at radius 3 is 2.50 bits per heavy atom. The van der Waals surface area contributed by atoms with Gasteiger partial charge in [-0.1, -0.05) is 20.8 Å². The molecule has 0 aliphatic carbocycles. The van der Waals surface area contributed by atoms with E-state index in [1.807, 2.05) is 0 Å². The fourth-order valence-corrected chi connectivity index (χ4v) is 2.82. The highest BCUT2D eigenvalue weighted by molar-refractivity contribution is 4.84. The molecule has 0 aromatic carbocycles. The smallest absolute Gasteiger partial charge is 0.0223 e. The van der Waals surface area contributed by atoms with E-state index in [9.17, 15) is 0 Å². The molecule has 3 atom stereocenters.